The van der Waals surface area contributed by atoms with Gasteiger partial charge in [0.15, 0.2) is 0 Å². The molecule has 21 heavy (non-hydrogen) atoms. The number of non-ortho nitro benzene ring substituents is 1. The molecule has 1 aromatic carbocycles. The van der Waals surface area contributed by atoms with Crippen molar-refractivity contribution in [2.24, 2.45) is 5.92 Å². The molecule has 2 rings (SSSR count). The highest BCUT2D eigenvalue weighted by atomic mass is 32.3. The molecule has 0 saturated carbocycles. The number of nitro benzene ring substituents is 1. The van der Waals surface area contributed by atoms with E-state index in [1.807, 2.05) is 0 Å². The van der Waals surface area contributed by atoms with E-state index >= 15 is 0 Å². The number of aromatic hydroxyl groups is 1. The van der Waals surface area contributed by atoms with Gasteiger partial charge in [-0.1, -0.05) is 0 Å². The molecule has 1 heterocycles. The highest BCUT2D eigenvalue weighted by Gasteiger charge is 2.35. The van der Waals surface area contributed by atoms with Crippen molar-refractivity contribution in [3.05, 3.63) is 28.3 Å². The minimum Gasteiger partial charge on any atom is -0.505 e. The van der Waals surface area contributed by atoms with Crippen LogP contribution in [0.25, 0.3) is 0 Å². The predicted molar refractivity (Wildman–Crippen MR) is 70.1 cm³/mol. The zero-order valence-corrected chi connectivity index (χ0v) is 11.4. The van der Waals surface area contributed by atoms with Crippen LogP contribution in [0.3, 0.4) is 0 Å². The Bertz CT molecular complexity index is 705. The lowest BCUT2D eigenvalue weighted by Crippen LogP contribution is -2.25. The van der Waals surface area contributed by atoms with Gasteiger partial charge in [-0.2, -0.15) is 8.42 Å². The van der Waals surface area contributed by atoms with Crippen molar-refractivity contribution in [1.82, 2.24) is 0 Å². The fourth-order valence-electron chi connectivity index (χ4n) is 2.26. The highest BCUT2D eigenvalue weighted by Crippen LogP contribution is 2.35. The van der Waals surface area contributed by atoms with Gasteiger partial charge in [0.05, 0.1) is 22.4 Å². The largest absolute Gasteiger partial charge is 0.505 e. The summed E-state index contributed by atoms with van der Waals surface area (Å²) in [4.78, 5) is 22.8. The van der Waals surface area contributed by atoms with Gasteiger partial charge in [0.1, 0.15) is 5.75 Å². The molecule has 1 aliphatic heterocycles. The molecule has 114 valence electrons. The molecule has 0 aliphatic carbocycles. The molecule has 0 spiro atoms. The summed E-state index contributed by atoms with van der Waals surface area (Å²) in [5.74, 6) is -2.45. The first-order valence-corrected chi connectivity index (χ1v) is 7.43. The van der Waals surface area contributed by atoms with E-state index in [0.717, 1.165) is 17.0 Å². The SMILES string of the molecule is O=C1CC(CS(=O)(=O)F)CN1c1ccc([N+](=O)[O-])cc1O. The summed E-state index contributed by atoms with van der Waals surface area (Å²) in [6.07, 6.45) is -0.167. The first-order chi connectivity index (χ1) is 9.67. The van der Waals surface area contributed by atoms with Gasteiger partial charge >= 0.3 is 10.2 Å². The Morgan fingerprint density at radius 3 is 2.67 bits per heavy atom. The molecule has 1 fully saturated rings. The number of carbonyl (C=O) groups is 1. The fraction of sp³-hybridized carbons (Fsp3) is 0.364. The molecule has 1 aromatic rings. The standard InChI is InChI=1S/C11H11FN2O6S/c12-21(19,20)6-7-3-11(16)13(5-7)9-2-1-8(14(17)18)4-10(9)15/h1-2,4,7,15H,3,5-6H2. The zero-order valence-electron chi connectivity index (χ0n) is 10.6. The van der Waals surface area contributed by atoms with E-state index < -0.39 is 38.5 Å². The summed E-state index contributed by atoms with van der Waals surface area (Å²) in [7, 11) is -4.70. The van der Waals surface area contributed by atoms with Gasteiger partial charge in [0, 0.05) is 24.9 Å². The van der Waals surface area contributed by atoms with Crippen LogP contribution in [0.1, 0.15) is 6.42 Å². The van der Waals surface area contributed by atoms with Crippen LogP contribution in [0.5, 0.6) is 5.75 Å². The van der Waals surface area contributed by atoms with Crippen molar-refractivity contribution >= 4 is 27.5 Å². The number of nitrogens with zero attached hydrogens (tertiary/aromatic N) is 2. The number of hydrogen-bond donors (Lipinski definition) is 1. The van der Waals surface area contributed by atoms with Crippen LogP contribution in [-0.4, -0.2) is 36.7 Å². The summed E-state index contributed by atoms with van der Waals surface area (Å²) in [6, 6.07) is 3.20. The van der Waals surface area contributed by atoms with Crippen molar-refractivity contribution in [3.8, 4) is 5.75 Å². The number of phenols is 1. The van der Waals surface area contributed by atoms with Crippen LogP contribution in [0.4, 0.5) is 15.3 Å². The molecule has 1 saturated heterocycles. The second-order valence-electron chi connectivity index (χ2n) is 4.71. The Kier molecular flexibility index (Phi) is 3.81. The monoisotopic (exact) mass is 318 g/mol. The Morgan fingerprint density at radius 1 is 1.48 bits per heavy atom. The molecule has 0 bridgehead atoms. The first kappa shape index (κ1) is 15.2. The molecule has 1 amide bonds. The van der Waals surface area contributed by atoms with E-state index in [9.17, 15) is 32.3 Å². The van der Waals surface area contributed by atoms with Crippen molar-refractivity contribution in [2.45, 2.75) is 6.42 Å². The number of benzene rings is 1. The smallest absolute Gasteiger partial charge is 0.302 e. The molecular weight excluding hydrogens is 307 g/mol. The van der Waals surface area contributed by atoms with Crippen molar-refractivity contribution in [1.29, 1.82) is 0 Å². The maximum Gasteiger partial charge on any atom is 0.302 e. The van der Waals surface area contributed by atoms with Crippen LogP contribution in [0, 0.1) is 16.0 Å². The van der Waals surface area contributed by atoms with Crippen molar-refractivity contribution < 1.29 is 27.1 Å². The summed E-state index contributed by atoms with van der Waals surface area (Å²) < 4.78 is 33.8. The maximum absolute atomic E-state index is 12.6. The molecular formula is C11H11FN2O6S. The van der Waals surface area contributed by atoms with Gasteiger partial charge in [0.2, 0.25) is 5.91 Å². The maximum atomic E-state index is 12.6. The van der Waals surface area contributed by atoms with Gasteiger partial charge in [-0.25, -0.2) is 0 Å². The van der Waals surface area contributed by atoms with E-state index in [1.54, 1.807) is 0 Å². The van der Waals surface area contributed by atoms with Crippen LogP contribution in [-0.2, 0) is 15.0 Å². The fourth-order valence-corrected chi connectivity index (χ4v) is 3.05. The first-order valence-electron chi connectivity index (χ1n) is 5.87. The van der Waals surface area contributed by atoms with Crippen molar-refractivity contribution in [3.63, 3.8) is 0 Å². The molecule has 1 N–H and O–H groups in total. The van der Waals surface area contributed by atoms with E-state index in [4.69, 9.17) is 0 Å². The Hall–Kier alpha value is -2.23. The van der Waals surface area contributed by atoms with Gasteiger partial charge in [0.25, 0.3) is 5.69 Å². The lowest BCUT2D eigenvalue weighted by molar-refractivity contribution is -0.384. The third-order valence-corrected chi connectivity index (χ3v) is 3.97. The lowest BCUT2D eigenvalue weighted by Gasteiger charge is -2.17. The van der Waals surface area contributed by atoms with Crippen LogP contribution in [0.2, 0.25) is 0 Å². The third kappa shape index (κ3) is 3.45. The number of carbonyl (C=O) groups excluding carboxylic acids is 1. The molecule has 10 heteroatoms. The number of phenolic OH excluding ortho intramolecular Hbond substituents is 1. The molecule has 8 nitrogen and oxygen atoms in total. The average molecular weight is 318 g/mol. The second-order valence-corrected chi connectivity index (χ2v) is 6.12. The summed E-state index contributed by atoms with van der Waals surface area (Å²) in [6.45, 7) is -0.0760. The number of hydrogen-bond acceptors (Lipinski definition) is 6. The van der Waals surface area contributed by atoms with E-state index in [1.165, 1.54) is 6.07 Å². The van der Waals surface area contributed by atoms with Crippen LogP contribution < -0.4 is 4.90 Å². The second kappa shape index (κ2) is 5.28. The number of anilines is 1. The number of halogens is 1. The highest BCUT2D eigenvalue weighted by molar-refractivity contribution is 7.86. The third-order valence-electron chi connectivity index (χ3n) is 3.10. The summed E-state index contributed by atoms with van der Waals surface area (Å²) in [5, 5.41) is 20.3. The van der Waals surface area contributed by atoms with Gasteiger partial charge in [-0.05, 0) is 6.07 Å². The van der Waals surface area contributed by atoms with Gasteiger partial charge in [-0.3, -0.25) is 14.9 Å². The van der Waals surface area contributed by atoms with Crippen LogP contribution >= 0.6 is 0 Å². The van der Waals surface area contributed by atoms with Gasteiger partial charge in [-0.15, -0.1) is 3.89 Å². The normalized spacial score (nSPS) is 19.0. The summed E-state index contributed by atoms with van der Waals surface area (Å²) in [5.41, 5.74) is -0.310. The summed E-state index contributed by atoms with van der Waals surface area (Å²) >= 11 is 0. The Morgan fingerprint density at radius 2 is 2.14 bits per heavy atom. The molecule has 1 aliphatic rings. The average Bonchev–Trinajstić information content (AvgIpc) is 2.67. The Balaban J connectivity index is 2.23. The Labute approximate surface area is 119 Å². The van der Waals surface area contributed by atoms with E-state index in [-0.39, 0.29) is 24.3 Å². The quantitative estimate of drug-likeness (QED) is 0.502. The van der Waals surface area contributed by atoms with Crippen LogP contribution in [0.15, 0.2) is 18.2 Å². The topological polar surface area (TPSA) is 118 Å². The van der Waals surface area contributed by atoms with Crippen molar-refractivity contribution in [2.75, 3.05) is 17.2 Å². The minimum absolute atomic E-state index is 0.0318. The number of amides is 1. The van der Waals surface area contributed by atoms with E-state index in [2.05, 4.69) is 0 Å². The predicted octanol–water partition coefficient (Wildman–Crippen LogP) is 0.953. The van der Waals surface area contributed by atoms with E-state index in [0.29, 0.717) is 0 Å². The number of nitro groups is 1. The molecule has 1 atom stereocenters. The van der Waals surface area contributed by atoms with Gasteiger partial charge < -0.3 is 10.0 Å². The lowest BCUT2D eigenvalue weighted by atomic mass is 10.1. The molecule has 0 radical (unpaired) electrons. The minimum atomic E-state index is -4.70. The number of rotatable bonds is 4. The molecule has 1 unspecified atom stereocenters. The zero-order chi connectivity index (χ0) is 15.8. The molecule has 0 aromatic heterocycles.